The van der Waals surface area contributed by atoms with Crippen LogP contribution in [-0.4, -0.2) is 39.3 Å². The summed E-state index contributed by atoms with van der Waals surface area (Å²) in [5.41, 5.74) is 0.580. The first kappa shape index (κ1) is 16.9. The van der Waals surface area contributed by atoms with Gasteiger partial charge in [0, 0.05) is 18.1 Å². The molecule has 2 N–H and O–H groups in total. The molecule has 2 aromatic heterocycles. The number of rotatable bonds is 4. The first-order valence-electron chi connectivity index (χ1n) is 7.67. The Morgan fingerprint density at radius 2 is 2.08 bits per heavy atom. The van der Waals surface area contributed by atoms with Crippen molar-refractivity contribution in [3.05, 3.63) is 64.6 Å². The topological polar surface area (TPSA) is 102 Å². The van der Waals surface area contributed by atoms with Gasteiger partial charge in [0.15, 0.2) is 0 Å². The van der Waals surface area contributed by atoms with Crippen molar-refractivity contribution in [1.29, 1.82) is 0 Å². The number of carbonyl (C=O) groups is 1. The first-order valence-corrected chi connectivity index (χ1v) is 7.67. The van der Waals surface area contributed by atoms with E-state index in [0.717, 1.165) is 0 Å². The SMILES string of the molecule is CCOC(=O)c1cn(-c2cccc(B(O)O)c2)c2ncccc2c1=O. The molecule has 3 aromatic rings. The molecular formula is C17H15BN2O5. The number of aromatic nitrogens is 2. The minimum absolute atomic E-state index is 0.114. The molecule has 2 heterocycles. The van der Waals surface area contributed by atoms with Gasteiger partial charge in [-0.3, -0.25) is 4.79 Å². The molecule has 0 aliphatic carbocycles. The summed E-state index contributed by atoms with van der Waals surface area (Å²) in [5.74, 6) is -0.717. The molecule has 7 nitrogen and oxygen atoms in total. The molecule has 0 fully saturated rings. The van der Waals surface area contributed by atoms with Crippen molar-refractivity contribution in [3.8, 4) is 5.69 Å². The van der Waals surface area contributed by atoms with Gasteiger partial charge in [-0.2, -0.15) is 0 Å². The number of pyridine rings is 2. The highest BCUT2D eigenvalue weighted by molar-refractivity contribution is 6.58. The van der Waals surface area contributed by atoms with E-state index in [1.54, 1.807) is 41.8 Å². The van der Waals surface area contributed by atoms with E-state index in [-0.39, 0.29) is 23.0 Å². The molecule has 25 heavy (non-hydrogen) atoms. The zero-order valence-electron chi connectivity index (χ0n) is 13.4. The molecule has 8 heteroatoms. The van der Waals surface area contributed by atoms with E-state index < -0.39 is 18.5 Å². The average Bonchev–Trinajstić information content (AvgIpc) is 2.62. The lowest BCUT2D eigenvalue weighted by Crippen LogP contribution is -2.30. The van der Waals surface area contributed by atoms with Crippen molar-refractivity contribution in [2.45, 2.75) is 6.92 Å². The van der Waals surface area contributed by atoms with Gasteiger partial charge in [-0.25, -0.2) is 9.78 Å². The van der Waals surface area contributed by atoms with E-state index in [4.69, 9.17) is 4.74 Å². The highest BCUT2D eigenvalue weighted by atomic mass is 16.5. The molecule has 0 spiro atoms. The molecule has 0 saturated heterocycles. The fourth-order valence-electron chi connectivity index (χ4n) is 2.55. The van der Waals surface area contributed by atoms with E-state index in [1.165, 1.54) is 18.5 Å². The van der Waals surface area contributed by atoms with Crippen LogP contribution in [0.2, 0.25) is 0 Å². The van der Waals surface area contributed by atoms with Crippen molar-refractivity contribution >= 4 is 29.6 Å². The monoisotopic (exact) mass is 338 g/mol. The summed E-state index contributed by atoms with van der Waals surface area (Å²) in [6.45, 7) is 1.81. The molecule has 126 valence electrons. The van der Waals surface area contributed by atoms with Crippen LogP contribution in [0.15, 0.2) is 53.6 Å². The second kappa shape index (κ2) is 6.88. The summed E-state index contributed by atoms with van der Waals surface area (Å²) >= 11 is 0. The first-order chi connectivity index (χ1) is 12.0. The van der Waals surface area contributed by atoms with Gasteiger partial charge >= 0.3 is 13.1 Å². The van der Waals surface area contributed by atoms with Gasteiger partial charge in [-0.15, -0.1) is 0 Å². The Balaban J connectivity index is 2.31. The summed E-state index contributed by atoms with van der Waals surface area (Å²) < 4.78 is 6.51. The van der Waals surface area contributed by atoms with E-state index in [0.29, 0.717) is 11.3 Å². The van der Waals surface area contributed by atoms with E-state index in [9.17, 15) is 19.6 Å². The summed E-state index contributed by atoms with van der Waals surface area (Å²) in [4.78, 5) is 28.9. The zero-order valence-corrected chi connectivity index (χ0v) is 13.4. The maximum Gasteiger partial charge on any atom is 0.488 e. The zero-order chi connectivity index (χ0) is 18.0. The second-order valence-corrected chi connectivity index (χ2v) is 5.31. The van der Waals surface area contributed by atoms with Crippen LogP contribution in [0.3, 0.4) is 0 Å². The Hall–Kier alpha value is -2.97. The van der Waals surface area contributed by atoms with Crippen molar-refractivity contribution in [1.82, 2.24) is 9.55 Å². The Bertz CT molecular complexity index is 1000. The molecule has 0 amide bonds. The van der Waals surface area contributed by atoms with Crippen LogP contribution in [0.25, 0.3) is 16.7 Å². The maximum atomic E-state index is 12.6. The Morgan fingerprint density at radius 3 is 2.80 bits per heavy atom. The van der Waals surface area contributed by atoms with Gasteiger partial charge in [0.2, 0.25) is 5.43 Å². The Morgan fingerprint density at radius 1 is 1.28 bits per heavy atom. The molecule has 1 aromatic carbocycles. The molecule has 0 saturated carbocycles. The summed E-state index contributed by atoms with van der Waals surface area (Å²) in [6.07, 6.45) is 2.89. The fourth-order valence-corrected chi connectivity index (χ4v) is 2.55. The van der Waals surface area contributed by atoms with Crippen LogP contribution in [0, 0.1) is 0 Å². The van der Waals surface area contributed by atoms with E-state index in [2.05, 4.69) is 4.98 Å². The van der Waals surface area contributed by atoms with E-state index >= 15 is 0 Å². The molecule has 0 aliphatic rings. The lowest BCUT2D eigenvalue weighted by molar-refractivity contribution is 0.0524. The highest BCUT2D eigenvalue weighted by Gasteiger charge is 2.18. The number of fused-ring (bicyclic) bond motifs is 1. The van der Waals surface area contributed by atoms with Crippen LogP contribution in [0.4, 0.5) is 0 Å². The third-order valence-electron chi connectivity index (χ3n) is 3.70. The standard InChI is InChI=1S/C17H15BN2O5/c1-2-25-17(22)14-10-20(12-6-3-5-11(9-12)18(23)24)16-13(15(14)21)7-4-8-19-16/h3-10,23-24H,2H2,1H3. The van der Waals surface area contributed by atoms with Crippen molar-refractivity contribution < 1.29 is 19.6 Å². The van der Waals surface area contributed by atoms with Gasteiger partial charge < -0.3 is 19.4 Å². The van der Waals surface area contributed by atoms with Gasteiger partial charge in [0.25, 0.3) is 0 Å². The van der Waals surface area contributed by atoms with Crippen LogP contribution in [0.1, 0.15) is 17.3 Å². The molecule has 0 bridgehead atoms. The van der Waals surface area contributed by atoms with Crippen molar-refractivity contribution in [2.24, 2.45) is 0 Å². The fraction of sp³-hybridized carbons (Fsp3) is 0.118. The number of hydrogen-bond donors (Lipinski definition) is 2. The number of hydrogen-bond acceptors (Lipinski definition) is 6. The molecule has 0 atom stereocenters. The van der Waals surface area contributed by atoms with Crippen LogP contribution in [0.5, 0.6) is 0 Å². The normalized spacial score (nSPS) is 10.7. The number of esters is 1. The van der Waals surface area contributed by atoms with E-state index in [1.807, 2.05) is 0 Å². The number of carbonyl (C=O) groups excluding carboxylic acids is 1. The largest absolute Gasteiger partial charge is 0.488 e. The second-order valence-electron chi connectivity index (χ2n) is 5.31. The summed E-state index contributed by atoms with van der Waals surface area (Å²) in [7, 11) is -1.64. The summed E-state index contributed by atoms with van der Waals surface area (Å²) in [5, 5.41) is 19.0. The lowest BCUT2D eigenvalue weighted by Gasteiger charge is -2.13. The Labute approximate surface area is 143 Å². The van der Waals surface area contributed by atoms with Crippen molar-refractivity contribution in [3.63, 3.8) is 0 Å². The highest BCUT2D eigenvalue weighted by Crippen LogP contribution is 2.15. The number of benzene rings is 1. The number of ether oxygens (including phenoxy) is 1. The van der Waals surface area contributed by atoms with Crippen molar-refractivity contribution in [2.75, 3.05) is 6.61 Å². The quantitative estimate of drug-likeness (QED) is 0.522. The minimum atomic E-state index is -1.64. The lowest BCUT2D eigenvalue weighted by atomic mass is 9.80. The smallest absolute Gasteiger partial charge is 0.462 e. The predicted molar refractivity (Wildman–Crippen MR) is 93.1 cm³/mol. The molecule has 0 aliphatic heterocycles. The molecule has 0 radical (unpaired) electrons. The summed E-state index contributed by atoms with van der Waals surface area (Å²) in [6, 6.07) is 9.63. The number of nitrogens with zero attached hydrogens (tertiary/aromatic N) is 2. The van der Waals surface area contributed by atoms with Crippen LogP contribution < -0.4 is 10.9 Å². The maximum absolute atomic E-state index is 12.6. The molecule has 0 unspecified atom stereocenters. The molecular weight excluding hydrogens is 323 g/mol. The minimum Gasteiger partial charge on any atom is -0.462 e. The van der Waals surface area contributed by atoms with Gasteiger partial charge in [-0.1, -0.05) is 12.1 Å². The van der Waals surface area contributed by atoms with Crippen LogP contribution >= 0.6 is 0 Å². The third-order valence-corrected chi connectivity index (χ3v) is 3.70. The predicted octanol–water partition coefficient (Wildman–Crippen LogP) is 0.242. The average molecular weight is 338 g/mol. The van der Waals surface area contributed by atoms with Crippen LogP contribution in [-0.2, 0) is 4.74 Å². The van der Waals surface area contributed by atoms with Gasteiger partial charge in [-0.05, 0) is 36.7 Å². The Kier molecular flexibility index (Phi) is 4.64. The third kappa shape index (κ3) is 3.17. The molecule has 3 rings (SSSR count). The van der Waals surface area contributed by atoms with Gasteiger partial charge in [0.1, 0.15) is 11.2 Å². The van der Waals surface area contributed by atoms with Gasteiger partial charge in [0.05, 0.1) is 12.0 Å².